The molecule has 0 amide bonds. The van der Waals surface area contributed by atoms with Crippen LogP contribution in [0.5, 0.6) is 11.5 Å². The van der Waals surface area contributed by atoms with E-state index in [1.165, 1.54) is 19.2 Å². The third-order valence-corrected chi connectivity index (χ3v) is 5.12. The number of carbonyl (C=O) groups is 4. The molecule has 0 aliphatic carbocycles. The minimum Gasteiger partial charge on any atom is -0.468 e. The number of hydrogen-bond donors (Lipinski definition) is 1. The van der Waals surface area contributed by atoms with Crippen molar-refractivity contribution in [2.24, 2.45) is 5.73 Å². The standard InChI is InChI=1S/C25H37NO9/c1-6-9-21(27)34-19-12-11-18(15-20(19)35-22(28)10-7-2)16-25(26,23(29)31-5)13-14-32-24(30)33-17(4)8-3/h11-12,15,17H,6-10,13-14,16,26H2,1-5H3/t17-,25+/m0/s1. The van der Waals surface area contributed by atoms with Crippen LogP contribution in [0.3, 0.4) is 0 Å². The summed E-state index contributed by atoms with van der Waals surface area (Å²) >= 11 is 0. The Bertz CT molecular complexity index is 870. The summed E-state index contributed by atoms with van der Waals surface area (Å²) in [5.74, 6) is -1.52. The molecule has 2 N–H and O–H groups in total. The van der Waals surface area contributed by atoms with Gasteiger partial charge in [0.2, 0.25) is 0 Å². The van der Waals surface area contributed by atoms with Gasteiger partial charge in [0.25, 0.3) is 0 Å². The zero-order valence-electron chi connectivity index (χ0n) is 21.2. The van der Waals surface area contributed by atoms with E-state index in [9.17, 15) is 19.2 Å². The number of esters is 3. The molecule has 196 valence electrons. The van der Waals surface area contributed by atoms with Crippen LogP contribution in [-0.2, 0) is 35.0 Å². The second-order valence-electron chi connectivity index (χ2n) is 8.24. The predicted octanol–water partition coefficient (Wildman–Crippen LogP) is 3.85. The molecule has 1 aromatic carbocycles. The third-order valence-electron chi connectivity index (χ3n) is 5.12. The van der Waals surface area contributed by atoms with Gasteiger partial charge in [-0.1, -0.05) is 26.8 Å². The fraction of sp³-hybridized carbons (Fsp3) is 0.600. The normalized spacial score (nSPS) is 13.2. The molecule has 0 spiro atoms. The first-order valence-electron chi connectivity index (χ1n) is 11.8. The number of methoxy groups -OCH3 is 1. The summed E-state index contributed by atoms with van der Waals surface area (Å²) in [4.78, 5) is 48.4. The van der Waals surface area contributed by atoms with Crippen molar-refractivity contribution in [1.29, 1.82) is 0 Å². The highest BCUT2D eigenvalue weighted by Gasteiger charge is 2.36. The van der Waals surface area contributed by atoms with Gasteiger partial charge in [0, 0.05) is 25.7 Å². The van der Waals surface area contributed by atoms with Gasteiger partial charge in [0.15, 0.2) is 11.5 Å². The SMILES string of the molecule is CCCC(=O)Oc1ccc(C[C@](N)(CCOC(=O)O[C@@H](C)CC)C(=O)OC)cc1OC(=O)CCC. The smallest absolute Gasteiger partial charge is 0.468 e. The first-order valence-corrected chi connectivity index (χ1v) is 11.8. The molecule has 0 unspecified atom stereocenters. The van der Waals surface area contributed by atoms with Crippen LogP contribution >= 0.6 is 0 Å². The number of ether oxygens (including phenoxy) is 5. The van der Waals surface area contributed by atoms with Gasteiger partial charge in [-0.3, -0.25) is 14.4 Å². The third kappa shape index (κ3) is 10.3. The van der Waals surface area contributed by atoms with Crippen LogP contribution in [0.2, 0.25) is 0 Å². The van der Waals surface area contributed by atoms with Gasteiger partial charge in [-0.2, -0.15) is 0 Å². The Morgan fingerprint density at radius 1 is 0.971 bits per heavy atom. The summed E-state index contributed by atoms with van der Waals surface area (Å²) in [5, 5.41) is 0. The topological polar surface area (TPSA) is 140 Å². The van der Waals surface area contributed by atoms with E-state index < -0.39 is 29.6 Å². The largest absolute Gasteiger partial charge is 0.508 e. The number of rotatable bonds is 14. The molecule has 0 heterocycles. The predicted molar refractivity (Wildman–Crippen MR) is 127 cm³/mol. The van der Waals surface area contributed by atoms with Crippen LogP contribution in [-0.4, -0.2) is 49.4 Å². The fourth-order valence-corrected chi connectivity index (χ4v) is 3.01. The van der Waals surface area contributed by atoms with E-state index >= 15 is 0 Å². The van der Waals surface area contributed by atoms with E-state index in [1.807, 2.05) is 20.8 Å². The van der Waals surface area contributed by atoms with E-state index in [1.54, 1.807) is 13.0 Å². The highest BCUT2D eigenvalue weighted by molar-refractivity contribution is 5.81. The molecule has 0 saturated carbocycles. The molecule has 10 nitrogen and oxygen atoms in total. The van der Waals surface area contributed by atoms with Gasteiger partial charge >= 0.3 is 24.1 Å². The average Bonchev–Trinajstić information content (AvgIpc) is 2.80. The number of benzene rings is 1. The lowest BCUT2D eigenvalue weighted by Crippen LogP contribution is -2.51. The average molecular weight is 496 g/mol. The van der Waals surface area contributed by atoms with Crippen LogP contribution in [0.1, 0.15) is 71.8 Å². The van der Waals surface area contributed by atoms with Gasteiger partial charge in [0.1, 0.15) is 11.6 Å². The monoisotopic (exact) mass is 495 g/mol. The second-order valence-corrected chi connectivity index (χ2v) is 8.24. The van der Waals surface area contributed by atoms with E-state index in [0.717, 1.165) is 0 Å². The number of hydrogen-bond acceptors (Lipinski definition) is 10. The van der Waals surface area contributed by atoms with Gasteiger partial charge in [-0.05, 0) is 43.9 Å². The van der Waals surface area contributed by atoms with Gasteiger partial charge in [-0.25, -0.2) is 4.79 Å². The Kier molecular flexibility index (Phi) is 12.8. The molecule has 0 fully saturated rings. The maximum absolute atomic E-state index is 12.5. The van der Waals surface area contributed by atoms with Crippen LogP contribution < -0.4 is 15.2 Å². The van der Waals surface area contributed by atoms with Crippen LogP contribution in [0, 0.1) is 0 Å². The Labute approximate surface area is 206 Å². The van der Waals surface area contributed by atoms with E-state index in [4.69, 9.17) is 29.4 Å². The van der Waals surface area contributed by atoms with E-state index in [0.29, 0.717) is 24.8 Å². The molecular weight excluding hydrogens is 458 g/mol. The first-order chi connectivity index (χ1) is 16.6. The minimum absolute atomic E-state index is 0.0229. The summed E-state index contributed by atoms with van der Waals surface area (Å²) in [6.07, 6.45) is 0.975. The molecule has 0 aliphatic rings. The molecule has 35 heavy (non-hydrogen) atoms. The molecule has 10 heteroatoms. The Hall–Kier alpha value is -3.14. The Morgan fingerprint density at radius 3 is 2.11 bits per heavy atom. The Balaban J connectivity index is 3.08. The molecule has 1 rings (SSSR count). The van der Waals surface area contributed by atoms with Gasteiger partial charge < -0.3 is 29.4 Å². The maximum Gasteiger partial charge on any atom is 0.508 e. The van der Waals surface area contributed by atoms with E-state index in [-0.39, 0.29) is 49.9 Å². The van der Waals surface area contributed by atoms with Crippen molar-refractivity contribution in [2.75, 3.05) is 13.7 Å². The van der Waals surface area contributed by atoms with Crippen LogP contribution in [0.25, 0.3) is 0 Å². The van der Waals surface area contributed by atoms with Crippen molar-refractivity contribution in [1.82, 2.24) is 0 Å². The van der Waals surface area contributed by atoms with Crippen molar-refractivity contribution in [3.8, 4) is 11.5 Å². The summed E-state index contributed by atoms with van der Waals surface area (Å²) in [6, 6.07) is 4.58. The van der Waals surface area contributed by atoms with E-state index in [2.05, 4.69) is 0 Å². The number of carbonyl (C=O) groups excluding carboxylic acids is 4. The van der Waals surface area contributed by atoms with Crippen molar-refractivity contribution < 1.29 is 42.9 Å². The summed E-state index contributed by atoms with van der Waals surface area (Å²) in [5.41, 5.74) is 5.33. The second kappa shape index (κ2) is 15.0. The molecule has 0 saturated heterocycles. The molecule has 0 aromatic heterocycles. The summed E-state index contributed by atoms with van der Waals surface area (Å²) in [7, 11) is 1.20. The zero-order valence-corrected chi connectivity index (χ0v) is 21.2. The van der Waals surface area contributed by atoms with Crippen molar-refractivity contribution in [2.45, 2.75) is 84.3 Å². The molecular formula is C25H37NO9. The fourth-order valence-electron chi connectivity index (χ4n) is 3.01. The number of nitrogens with two attached hydrogens (primary N) is 1. The lowest BCUT2D eigenvalue weighted by Gasteiger charge is -2.26. The van der Waals surface area contributed by atoms with Crippen molar-refractivity contribution in [3.05, 3.63) is 23.8 Å². The summed E-state index contributed by atoms with van der Waals surface area (Å²) < 4.78 is 25.7. The molecule has 0 radical (unpaired) electrons. The first kappa shape index (κ1) is 29.9. The van der Waals surface area contributed by atoms with Gasteiger partial charge in [0.05, 0.1) is 13.7 Å². The van der Waals surface area contributed by atoms with Crippen molar-refractivity contribution >= 4 is 24.1 Å². The zero-order chi connectivity index (χ0) is 26.4. The van der Waals surface area contributed by atoms with Crippen molar-refractivity contribution in [3.63, 3.8) is 0 Å². The quantitative estimate of drug-likeness (QED) is 0.299. The molecule has 1 aromatic rings. The Morgan fingerprint density at radius 2 is 1.57 bits per heavy atom. The summed E-state index contributed by atoms with van der Waals surface area (Å²) in [6.45, 7) is 7.10. The lowest BCUT2D eigenvalue weighted by atomic mass is 9.88. The van der Waals surface area contributed by atoms with Crippen LogP contribution in [0.4, 0.5) is 4.79 Å². The molecule has 0 aliphatic heterocycles. The lowest BCUT2D eigenvalue weighted by molar-refractivity contribution is -0.148. The van der Waals surface area contributed by atoms with Crippen LogP contribution in [0.15, 0.2) is 18.2 Å². The maximum atomic E-state index is 12.5. The highest BCUT2D eigenvalue weighted by atomic mass is 16.7. The molecule has 0 bridgehead atoms. The minimum atomic E-state index is -1.55. The molecule has 2 atom stereocenters. The highest BCUT2D eigenvalue weighted by Crippen LogP contribution is 2.31. The van der Waals surface area contributed by atoms with Gasteiger partial charge in [-0.15, -0.1) is 0 Å².